The Balaban J connectivity index is 1.73. The van der Waals surface area contributed by atoms with Crippen molar-refractivity contribution in [1.29, 1.82) is 0 Å². The molecule has 0 atom stereocenters. The third-order valence-corrected chi connectivity index (χ3v) is 4.24. The van der Waals surface area contributed by atoms with Gasteiger partial charge in [-0.3, -0.25) is 4.79 Å². The summed E-state index contributed by atoms with van der Waals surface area (Å²) in [5.41, 5.74) is 7.14. The topological polar surface area (TPSA) is 101 Å². The van der Waals surface area contributed by atoms with Gasteiger partial charge in [0.15, 0.2) is 5.76 Å². The summed E-state index contributed by atoms with van der Waals surface area (Å²) in [5, 5.41) is 6.71. The van der Waals surface area contributed by atoms with Gasteiger partial charge in [0.25, 0.3) is 0 Å². The molecule has 0 spiro atoms. The second-order valence-corrected chi connectivity index (χ2v) is 6.03. The molecule has 3 amide bonds. The van der Waals surface area contributed by atoms with Crippen molar-refractivity contribution in [2.45, 2.75) is 0 Å². The fourth-order valence-electron chi connectivity index (χ4n) is 2.21. The molecular weight excluding hydrogens is 376 g/mol. The van der Waals surface area contributed by atoms with Crippen LogP contribution >= 0.6 is 24.4 Å². The van der Waals surface area contributed by atoms with Crippen LogP contribution in [0.1, 0.15) is 10.4 Å². The minimum atomic E-state index is -0.548. The lowest BCUT2D eigenvalue weighted by molar-refractivity contribution is 0.100. The highest BCUT2D eigenvalue weighted by molar-refractivity contribution is 7.82. The van der Waals surface area contributed by atoms with Gasteiger partial charge in [0.2, 0.25) is 5.91 Å². The highest BCUT2D eigenvalue weighted by Crippen LogP contribution is 2.30. The number of carbonyl (C=O) groups is 2. The summed E-state index contributed by atoms with van der Waals surface area (Å²) in [5.74, 6) is -0.0218. The molecule has 3 N–H and O–H groups in total. The maximum Gasteiger partial charge on any atom is 0.336 e. The summed E-state index contributed by atoms with van der Waals surface area (Å²) >= 11 is 10.4. The molecule has 0 saturated carbocycles. The van der Waals surface area contributed by atoms with Crippen molar-refractivity contribution < 1.29 is 14.1 Å². The molecule has 1 heterocycles. The number of nitrogens with zero attached hydrogens (tertiary/aromatic N) is 2. The van der Waals surface area contributed by atoms with Crippen LogP contribution < -0.4 is 15.4 Å². The van der Waals surface area contributed by atoms with E-state index in [0.717, 1.165) is 4.31 Å². The molecule has 0 fully saturated rings. The number of halogens is 1. The SMILES string of the molecule is NC(=O)c1ccc(N(S)C(=O)Nc2ccc(-c3ccno3)c(Cl)c2)cc1. The quantitative estimate of drug-likeness (QED) is 0.588. The van der Waals surface area contributed by atoms with Crippen LogP contribution in [0.5, 0.6) is 0 Å². The number of rotatable bonds is 4. The molecule has 0 unspecified atom stereocenters. The van der Waals surface area contributed by atoms with Crippen molar-refractivity contribution in [1.82, 2.24) is 5.16 Å². The average Bonchev–Trinajstić information content (AvgIpc) is 3.15. The van der Waals surface area contributed by atoms with Crippen molar-refractivity contribution in [3.63, 3.8) is 0 Å². The van der Waals surface area contributed by atoms with E-state index in [2.05, 4.69) is 23.3 Å². The van der Waals surface area contributed by atoms with Gasteiger partial charge in [0.05, 0.1) is 16.9 Å². The van der Waals surface area contributed by atoms with Crippen LogP contribution in [0.2, 0.25) is 5.02 Å². The number of nitrogens with one attached hydrogen (secondary N) is 1. The van der Waals surface area contributed by atoms with Crippen molar-refractivity contribution in [3.05, 3.63) is 65.3 Å². The summed E-state index contributed by atoms with van der Waals surface area (Å²) in [6.07, 6.45) is 1.52. The second kappa shape index (κ2) is 7.51. The van der Waals surface area contributed by atoms with Crippen molar-refractivity contribution in [2.24, 2.45) is 5.73 Å². The number of hydrogen-bond acceptors (Lipinski definition) is 5. The van der Waals surface area contributed by atoms with Gasteiger partial charge in [0.1, 0.15) is 0 Å². The molecule has 3 aromatic rings. The first kappa shape index (κ1) is 17.8. The number of aromatic nitrogens is 1. The van der Waals surface area contributed by atoms with Crippen LogP contribution in [0.4, 0.5) is 16.2 Å². The molecule has 0 radical (unpaired) electrons. The average molecular weight is 389 g/mol. The van der Waals surface area contributed by atoms with Gasteiger partial charge >= 0.3 is 6.03 Å². The third-order valence-electron chi connectivity index (χ3n) is 3.51. The fraction of sp³-hybridized carbons (Fsp3) is 0. The molecule has 0 bridgehead atoms. The van der Waals surface area contributed by atoms with Gasteiger partial charge in [0, 0.05) is 22.9 Å². The molecular formula is C17H13ClN4O3S. The number of amides is 3. The molecule has 0 aliphatic rings. The maximum absolute atomic E-state index is 12.3. The highest BCUT2D eigenvalue weighted by Gasteiger charge is 2.14. The Morgan fingerprint density at radius 1 is 1.15 bits per heavy atom. The lowest BCUT2D eigenvalue weighted by Gasteiger charge is -2.17. The summed E-state index contributed by atoms with van der Waals surface area (Å²) in [7, 11) is 0. The first-order chi connectivity index (χ1) is 12.5. The molecule has 3 rings (SSSR count). The van der Waals surface area contributed by atoms with Crippen LogP contribution in [-0.2, 0) is 0 Å². The van der Waals surface area contributed by atoms with E-state index < -0.39 is 11.9 Å². The number of carbonyl (C=O) groups excluding carboxylic acids is 2. The second-order valence-electron chi connectivity index (χ2n) is 5.22. The number of anilines is 2. The van der Waals surface area contributed by atoms with E-state index in [1.54, 1.807) is 36.4 Å². The highest BCUT2D eigenvalue weighted by atomic mass is 35.5. The van der Waals surface area contributed by atoms with Crippen LogP contribution in [0.3, 0.4) is 0 Å². The van der Waals surface area contributed by atoms with E-state index in [1.165, 1.54) is 18.3 Å². The van der Waals surface area contributed by atoms with E-state index in [-0.39, 0.29) is 0 Å². The zero-order chi connectivity index (χ0) is 18.7. The zero-order valence-electron chi connectivity index (χ0n) is 13.2. The summed E-state index contributed by atoms with van der Waals surface area (Å²) in [6.45, 7) is 0. The Kier molecular flexibility index (Phi) is 5.15. The van der Waals surface area contributed by atoms with Crippen LogP contribution in [0.15, 0.2) is 59.3 Å². The minimum Gasteiger partial charge on any atom is -0.366 e. The van der Waals surface area contributed by atoms with Gasteiger partial charge in [-0.2, -0.15) is 0 Å². The van der Waals surface area contributed by atoms with Gasteiger partial charge in [-0.15, -0.1) is 0 Å². The van der Waals surface area contributed by atoms with Crippen molar-refractivity contribution >= 4 is 47.7 Å². The molecule has 1 aromatic heterocycles. The van der Waals surface area contributed by atoms with Crippen molar-refractivity contribution in [3.8, 4) is 11.3 Å². The normalized spacial score (nSPS) is 10.4. The first-order valence-corrected chi connectivity index (χ1v) is 8.14. The molecule has 0 saturated heterocycles. The van der Waals surface area contributed by atoms with Gasteiger partial charge in [-0.05, 0) is 42.5 Å². The van der Waals surface area contributed by atoms with Gasteiger partial charge < -0.3 is 15.6 Å². The fourth-order valence-corrected chi connectivity index (χ4v) is 2.66. The predicted molar refractivity (Wildman–Crippen MR) is 102 cm³/mol. The van der Waals surface area contributed by atoms with Crippen LogP contribution in [0.25, 0.3) is 11.3 Å². The Morgan fingerprint density at radius 2 is 1.88 bits per heavy atom. The number of nitrogens with two attached hydrogens (primary N) is 1. The molecule has 7 nitrogen and oxygen atoms in total. The van der Waals surface area contributed by atoms with E-state index in [9.17, 15) is 9.59 Å². The Bertz CT molecular complexity index is 945. The summed E-state index contributed by atoms with van der Waals surface area (Å²) in [6, 6.07) is 12.3. The number of urea groups is 1. The molecule has 0 aliphatic heterocycles. The Labute approximate surface area is 159 Å². The van der Waals surface area contributed by atoms with E-state index in [0.29, 0.717) is 33.3 Å². The number of hydrogen-bond donors (Lipinski definition) is 3. The lowest BCUT2D eigenvalue weighted by atomic mass is 10.1. The van der Waals surface area contributed by atoms with Gasteiger partial charge in [-0.25, -0.2) is 9.10 Å². The van der Waals surface area contributed by atoms with Gasteiger partial charge in [-0.1, -0.05) is 29.6 Å². The standard InChI is InChI=1S/C17H13ClN4O3S/c18-14-9-11(3-6-13(14)15-7-8-20-25-15)21-17(24)22(26)12-4-1-10(2-5-12)16(19)23/h1-9,26H,(H2,19,23)(H,21,24). The lowest BCUT2D eigenvalue weighted by Crippen LogP contribution is -2.26. The van der Waals surface area contributed by atoms with E-state index in [4.69, 9.17) is 21.9 Å². The van der Waals surface area contributed by atoms with E-state index >= 15 is 0 Å². The molecule has 2 aromatic carbocycles. The van der Waals surface area contributed by atoms with E-state index in [1.807, 2.05) is 0 Å². The van der Waals surface area contributed by atoms with Crippen LogP contribution in [0, 0.1) is 0 Å². The predicted octanol–water partition coefficient (Wildman–Crippen LogP) is 3.98. The molecule has 0 aliphatic carbocycles. The zero-order valence-corrected chi connectivity index (χ0v) is 14.9. The number of benzene rings is 2. The Hall–Kier alpha value is -2.97. The molecule has 9 heteroatoms. The summed E-state index contributed by atoms with van der Waals surface area (Å²) < 4.78 is 6.17. The number of primary amides is 1. The molecule has 132 valence electrons. The smallest absolute Gasteiger partial charge is 0.336 e. The van der Waals surface area contributed by atoms with Crippen LogP contribution in [-0.4, -0.2) is 17.1 Å². The largest absolute Gasteiger partial charge is 0.366 e. The maximum atomic E-state index is 12.3. The first-order valence-electron chi connectivity index (χ1n) is 7.36. The Morgan fingerprint density at radius 3 is 2.46 bits per heavy atom. The minimum absolute atomic E-state index is 0.339. The third kappa shape index (κ3) is 3.81. The number of thiol groups is 1. The molecule has 26 heavy (non-hydrogen) atoms. The summed E-state index contributed by atoms with van der Waals surface area (Å²) in [4.78, 5) is 23.4. The monoisotopic (exact) mass is 388 g/mol. The van der Waals surface area contributed by atoms with Crippen molar-refractivity contribution in [2.75, 3.05) is 9.62 Å².